The minimum absolute atomic E-state index is 0.139. The first-order valence-corrected chi connectivity index (χ1v) is 6.48. The van der Waals surface area contributed by atoms with Gasteiger partial charge >= 0.3 is 0 Å². The van der Waals surface area contributed by atoms with E-state index >= 15 is 0 Å². The van der Waals surface area contributed by atoms with Crippen molar-refractivity contribution in [3.05, 3.63) is 0 Å². The van der Waals surface area contributed by atoms with Crippen molar-refractivity contribution in [3.8, 4) is 0 Å². The lowest BCUT2D eigenvalue weighted by Crippen LogP contribution is -2.42. The van der Waals surface area contributed by atoms with Crippen LogP contribution in [0.25, 0.3) is 0 Å². The zero-order valence-corrected chi connectivity index (χ0v) is 9.65. The van der Waals surface area contributed by atoms with Gasteiger partial charge in [-0.25, -0.2) is 0 Å². The lowest BCUT2D eigenvalue weighted by molar-refractivity contribution is -0.140. The minimum atomic E-state index is -0.139. The topological polar surface area (TPSA) is 41.6 Å². The van der Waals surface area contributed by atoms with E-state index in [-0.39, 0.29) is 12.0 Å². The van der Waals surface area contributed by atoms with Crippen LogP contribution >= 0.6 is 0 Å². The van der Waals surface area contributed by atoms with Crippen molar-refractivity contribution in [2.75, 3.05) is 26.2 Å². The Morgan fingerprint density at radius 1 is 1.25 bits per heavy atom. The van der Waals surface area contributed by atoms with Crippen LogP contribution in [0.5, 0.6) is 0 Å². The third-order valence-electron chi connectivity index (χ3n) is 4.12. The maximum Gasteiger partial charge on any atom is 0.251 e. The summed E-state index contributed by atoms with van der Waals surface area (Å²) >= 11 is 0. The van der Waals surface area contributed by atoms with Crippen molar-refractivity contribution in [2.45, 2.75) is 37.8 Å². The van der Waals surface area contributed by atoms with Crippen LogP contribution in [-0.4, -0.2) is 49.2 Å². The van der Waals surface area contributed by atoms with Crippen LogP contribution in [0.2, 0.25) is 0 Å². The van der Waals surface area contributed by atoms with Gasteiger partial charge in [-0.1, -0.05) is 0 Å². The molecule has 90 valence electrons. The fourth-order valence-corrected chi connectivity index (χ4v) is 3.20. The van der Waals surface area contributed by atoms with Crippen molar-refractivity contribution in [1.29, 1.82) is 0 Å². The number of fused-ring (bicyclic) bond motifs is 1. The molecule has 0 aromatic heterocycles. The molecule has 1 amide bonds. The highest BCUT2D eigenvalue weighted by Gasteiger charge is 2.39. The first kappa shape index (κ1) is 10.5. The molecule has 0 spiro atoms. The zero-order chi connectivity index (χ0) is 11.0. The van der Waals surface area contributed by atoms with Crippen LogP contribution in [-0.2, 0) is 9.53 Å². The Morgan fingerprint density at radius 2 is 2.19 bits per heavy atom. The molecule has 0 saturated carbocycles. The molecular formula is C12H20N2O2. The number of hydrogen-bond donors (Lipinski definition) is 1. The predicted molar refractivity (Wildman–Crippen MR) is 60.1 cm³/mol. The Hall–Kier alpha value is -0.610. The van der Waals surface area contributed by atoms with Gasteiger partial charge in [0, 0.05) is 25.7 Å². The van der Waals surface area contributed by atoms with Gasteiger partial charge in [0.1, 0.15) is 6.10 Å². The average Bonchev–Trinajstić information content (AvgIpc) is 2.97. The number of carbonyl (C=O) groups is 1. The third kappa shape index (κ3) is 1.84. The summed E-state index contributed by atoms with van der Waals surface area (Å²) in [5, 5.41) is 3.52. The van der Waals surface area contributed by atoms with E-state index in [1.54, 1.807) is 0 Å². The summed E-state index contributed by atoms with van der Waals surface area (Å²) < 4.78 is 5.47. The number of nitrogens with one attached hydrogen (secondary N) is 1. The number of rotatable bonds is 1. The van der Waals surface area contributed by atoms with E-state index in [1.807, 2.05) is 4.90 Å². The van der Waals surface area contributed by atoms with E-state index in [0.29, 0.717) is 12.0 Å². The summed E-state index contributed by atoms with van der Waals surface area (Å²) in [5.41, 5.74) is 0. The minimum Gasteiger partial charge on any atom is -0.368 e. The van der Waals surface area contributed by atoms with Crippen LogP contribution in [0.3, 0.4) is 0 Å². The van der Waals surface area contributed by atoms with E-state index in [9.17, 15) is 4.79 Å². The highest BCUT2D eigenvalue weighted by Crippen LogP contribution is 2.26. The molecule has 4 nitrogen and oxygen atoms in total. The molecule has 0 aromatic rings. The molecule has 3 saturated heterocycles. The van der Waals surface area contributed by atoms with E-state index < -0.39 is 0 Å². The molecule has 3 atom stereocenters. The number of nitrogens with zero attached hydrogens (tertiary/aromatic N) is 1. The standard InChI is InChI=1S/C12H20N2O2/c15-12(11-4-2-6-16-11)14-7-9-3-1-5-13-10(9)8-14/h9-11,13H,1-8H2. The van der Waals surface area contributed by atoms with Gasteiger partial charge in [0.25, 0.3) is 5.91 Å². The van der Waals surface area contributed by atoms with Gasteiger partial charge in [0.05, 0.1) is 0 Å². The summed E-state index contributed by atoms with van der Waals surface area (Å²) in [6.07, 6.45) is 4.34. The summed E-state index contributed by atoms with van der Waals surface area (Å²) in [7, 11) is 0. The van der Waals surface area contributed by atoms with E-state index in [2.05, 4.69) is 5.32 Å². The molecule has 3 aliphatic heterocycles. The Morgan fingerprint density at radius 3 is 2.94 bits per heavy atom. The number of likely N-dealkylation sites (tertiary alicyclic amines) is 1. The maximum absolute atomic E-state index is 12.2. The molecule has 0 aromatic carbocycles. The number of amides is 1. The molecule has 4 heteroatoms. The molecule has 0 aliphatic carbocycles. The van der Waals surface area contributed by atoms with E-state index in [4.69, 9.17) is 4.74 Å². The number of ether oxygens (including phenoxy) is 1. The van der Waals surface area contributed by atoms with Gasteiger partial charge < -0.3 is 15.0 Å². The van der Waals surface area contributed by atoms with Crippen LogP contribution in [0.4, 0.5) is 0 Å². The van der Waals surface area contributed by atoms with Gasteiger partial charge in [0.2, 0.25) is 0 Å². The SMILES string of the molecule is O=C(C1CCCO1)N1CC2CCCNC2C1. The summed E-state index contributed by atoms with van der Waals surface area (Å²) in [6, 6.07) is 0.541. The van der Waals surface area contributed by atoms with Gasteiger partial charge in [-0.2, -0.15) is 0 Å². The molecular weight excluding hydrogens is 204 g/mol. The van der Waals surface area contributed by atoms with Crippen LogP contribution < -0.4 is 5.32 Å². The van der Waals surface area contributed by atoms with Gasteiger partial charge in [-0.3, -0.25) is 4.79 Å². The number of carbonyl (C=O) groups excluding carboxylic acids is 1. The normalized spacial score (nSPS) is 38.8. The molecule has 3 rings (SSSR count). The Kier molecular flexibility index (Phi) is 2.86. The Bertz CT molecular complexity index is 262. The maximum atomic E-state index is 12.2. The highest BCUT2D eigenvalue weighted by atomic mass is 16.5. The van der Waals surface area contributed by atoms with Gasteiger partial charge in [-0.05, 0) is 38.1 Å². The zero-order valence-electron chi connectivity index (χ0n) is 9.65. The summed E-state index contributed by atoms with van der Waals surface area (Å²) in [4.78, 5) is 14.2. The van der Waals surface area contributed by atoms with Gasteiger partial charge in [-0.15, -0.1) is 0 Å². The molecule has 0 bridgehead atoms. The van der Waals surface area contributed by atoms with Crippen molar-refractivity contribution in [1.82, 2.24) is 10.2 Å². The second-order valence-electron chi connectivity index (χ2n) is 5.21. The molecule has 3 heterocycles. The molecule has 1 N–H and O–H groups in total. The first-order valence-electron chi connectivity index (χ1n) is 6.48. The van der Waals surface area contributed by atoms with E-state index in [0.717, 1.165) is 39.1 Å². The van der Waals surface area contributed by atoms with Crippen LogP contribution in [0, 0.1) is 5.92 Å². The molecule has 3 fully saturated rings. The lowest BCUT2D eigenvalue weighted by atomic mass is 9.94. The Balaban J connectivity index is 1.61. The summed E-state index contributed by atoms with van der Waals surface area (Å²) in [5.74, 6) is 0.910. The first-order chi connectivity index (χ1) is 7.84. The van der Waals surface area contributed by atoms with Crippen molar-refractivity contribution in [3.63, 3.8) is 0 Å². The highest BCUT2D eigenvalue weighted by molar-refractivity contribution is 5.81. The largest absolute Gasteiger partial charge is 0.368 e. The van der Waals surface area contributed by atoms with E-state index in [1.165, 1.54) is 12.8 Å². The van der Waals surface area contributed by atoms with Gasteiger partial charge in [0.15, 0.2) is 0 Å². The lowest BCUT2D eigenvalue weighted by Gasteiger charge is -2.24. The van der Waals surface area contributed by atoms with Crippen LogP contribution in [0.15, 0.2) is 0 Å². The quantitative estimate of drug-likeness (QED) is 0.700. The van der Waals surface area contributed by atoms with Crippen molar-refractivity contribution >= 4 is 5.91 Å². The molecule has 3 aliphatic rings. The van der Waals surface area contributed by atoms with Crippen molar-refractivity contribution < 1.29 is 9.53 Å². The third-order valence-corrected chi connectivity index (χ3v) is 4.12. The number of hydrogen-bond acceptors (Lipinski definition) is 3. The smallest absolute Gasteiger partial charge is 0.251 e. The predicted octanol–water partition coefficient (Wildman–Crippen LogP) is 0.376. The fraction of sp³-hybridized carbons (Fsp3) is 0.917. The monoisotopic (exact) mass is 224 g/mol. The molecule has 3 unspecified atom stereocenters. The fourth-order valence-electron chi connectivity index (χ4n) is 3.20. The average molecular weight is 224 g/mol. The molecule has 0 radical (unpaired) electrons. The summed E-state index contributed by atoms with van der Waals surface area (Å²) in [6.45, 7) is 3.71. The molecule has 16 heavy (non-hydrogen) atoms. The Labute approximate surface area is 96.3 Å². The second kappa shape index (κ2) is 4.34. The number of piperidine rings is 1. The second-order valence-corrected chi connectivity index (χ2v) is 5.21. The van der Waals surface area contributed by atoms with Crippen LogP contribution in [0.1, 0.15) is 25.7 Å². The van der Waals surface area contributed by atoms with Crippen molar-refractivity contribution in [2.24, 2.45) is 5.92 Å².